The van der Waals surface area contributed by atoms with Gasteiger partial charge in [-0.1, -0.05) is 35.4 Å². The van der Waals surface area contributed by atoms with E-state index in [1.807, 2.05) is 0 Å². The van der Waals surface area contributed by atoms with Gasteiger partial charge in [-0.05, 0) is 11.1 Å². The number of ether oxygens (including phenoxy) is 1. The molecule has 0 unspecified atom stereocenters. The molecular formula is C14H18N4O6. The first-order chi connectivity index (χ1) is 11.5. The Kier molecular flexibility index (Phi) is 6.10. The van der Waals surface area contributed by atoms with E-state index in [1.54, 1.807) is 30.3 Å². The Morgan fingerprint density at radius 1 is 1.29 bits per heavy atom. The average Bonchev–Trinajstić information content (AvgIpc) is 2.60. The Balaban J connectivity index is 2.16. The van der Waals surface area contributed by atoms with Crippen molar-refractivity contribution in [3.63, 3.8) is 0 Å². The second-order valence-electron chi connectivity index (χ2n) is 5.28. The Hall–Kier alpha value is -2.20. The zero-order valence-corrected chi connectivity index (χ0v) is 12.5. The molecule has 1 aliphatic rings. The topological polar surface area (TPSA) is 168 Å². The maximum atomic E-state index is 12.4. The molecule has 10 heteroatoms. The Morgan fingerprint density at radius 2 is 1.96 bits per heavy atom. The molecule has 1 aliphatic heterocycles. The van der Waals surface area contributed by atoms with Gasteiger partial charge in [0.2, 0.25) is 5.91 Å². The maximum absolute atomic E-state index is 12.4. The van der Waals surface area contributed by atoms with Crippen molar-refractivity contribution in [1.82, 2.24) is 5.32 Å². The van der Waals surface area contributed by atoms with Crippen molar-refractivity contribution in [1.29, 1.82) is 0 Å². The Labute approximate surface area is 136 Å². The zero-order chi connectivity index (χ0) is 17.7. The summed E-state index contributed by atoms with van der Waals surface area (Å²) in [6, 6.07) is 5.64. The standard InChI is InChI=1S/C14H18N4O6/c15-18-17-9(7-4-2-1-3-5-7)13(22)16-10-12(21)11(20)8(6-19)24-14(10)23/h1-5,8-12,14,19-21,23H,6H2,(H,16,22)/t8-,9-,10-,11-,12+,14+/m1/s1. The SMILES string of the molecule is [N-]=[N+]=N[C@@H](C(=O)N[C@@H]1[C@H](O)[C@H](O)[C@@H](CO)O[C@@H]1O)c1ccccc1. The zero-order valence-electron chi connectivity index (χ0n) is 12.5. The van der Waals surface area contributed by atoms with Gasteiger partial charge in [-0.3, -0.25) is 4.79 Å². The summed E-state index contributed by atoms with van der Waals surface area (Å²) in [6.07, 6.45) is -5.90. The summed E-state index contributed by atoms with van der Waals surface area (Å²) in [5.74, 6) is -0.777. The van der Waals surface area contributed by atoms with Crippen LogP contribution in [0.5, 0.6) is 0 Å². The van der Waals surface area contributed by atoms with E-state index in [1.165, 1.54) is 0 Å². The molecule has 0 radical (unpaired) electrons. The molecule has 0 bridgehead atoms. The van der Waals surface area contributed by atoms with Crippen molar-refractivity contribution in [2.24, 2.45) is 5.11 Å². The van der Waals surface area contributed by atoms with E-state index in [0.717, 1.165) is 0 Å². The number of azide groups is 1. The van der Waals surface area contributed by atoms with Crippen molar-refractivity contribution in [3.05, 3.63) is 46.3 Å². The summed E-state index contributed by atoms with van der Waals surface area (Å²) in [4.78, 5) is 15.0. The molecule has 1 aromatic carbocycles. The van der Waals surface area contributed by atoms with Crippen molar-refractivity contribution < 1.29 is 30.0 Å². The van der Waals surface area contributed by atoms with Crippen LogP contribution < -0.4 is 5.32 Å². The first-order valence-electron chi connectivity index (χ1n) is 7.19. The third-order valence-electron chi connectivity index (χ3n) is 3.74. The maximum Gasteiger partial charge on any atom is 0.233 e. The molecule has 6 atom stereocenters. The minimum atomic E-state index is -1.65. The molecule has 24 heavy (non-hydrogen) atoms. The van der Waals surface area contributed by atoms with Gasteiger partial charge in [0.25, 0.3) is 0 Å². The molecular weight excluding hydrogens is 320 g/mol. The van der Waals surface area contributed by atoms with Gasteiger partial charge in [0.15, 0.2) is 6.29 Å². The van der Waals surface area contributed by atoms with E-state index in [4.69, 9.17) is 15.4 Å². The summed E-state index contributed by atoms with van der Waals surface area (Å²) in [5, 5.41) is 44.5. The van der Waals surface area contributed by atoms with Gasteiger partial charge in [0.1, 0.15) is 30.4 Å². The van der Waals surface area contributed by atoms with Crippen LogP contribution in [0.25, 0.3) is 10.4 Å². The van der Waals surface area contributed by atoms with Crippen LogP contribution in [0.15, 0.2) is 35.4 Å². The normalized spacial score (nSPS) is 30.9. The fraction of sp³-hybridized carbons (Fsp3) is 0.500. The summed E-state index contributed by atoms with van der Waals surface area (Å²) < 4.78 is 4.95. The van der Waals surface area contributed by atoms with E-state index in [2.05, 4.69) is 15.3 Å². The predicted octanol–water partition coefficient (Wildman–Crippen LogP) is -1.05. The van der Waals surface area contributed by atoms with E-state index >= 15 is 0 Å². The number of amides is 1. The lowest BCUT2D eigenvalue weighted by atomic mass is 9.96. The number of carbonyl (C=O) groups excluding carboxylic acids is 1. The molecule has 0 aliphatic carbocycles. The van der Waals surface area contributed by atoms with Gasteiger partial charge < -0.3 is 30.5 Å². The fourth-order valence-corrected chi connectivity index (χ4v) is 2.45. The molecule has 130 valence electrons. The fourth-order valence-electron chi connectivity index (χ4n) is 2.45. The van der Waals surface area contributed by atoms with Crippen LogP contribution in [0, 0.1) is 0 Å². The number of aliphatic hydroxyl groups is 4. The molecule has 5 N–H and O–H groups in total. The lowest BCUT2D eigenvalue weighted by Crippen LogP contribution is -2.64. The monoisotopic (exact) mass is 338 g/mol. The van der Waals surface area contributed by atoms with Crippen LogP contribution in [0.1, 0.15) is 11.6 Å². The molecule has 1 fully saturated rings. The molecule has 1 heterocycles. The van der Waals surface area contributed by atoms with Crippen molar-refractivity contribution in [3.8, 4) is 0 Å². The van der Waals surface area contributed by atoms with E-state index in [-0.39, 0.29) is 0 Å². The molecule has 1 aromatic rings. The summed E-state index contributed by atoms with van der Waals surface area (Å²) in [5.41, 5.74) is 9.07. The van der Waals surface area contributed by atoms with Gasteiger partial charge in [0, 0.05) is 4.91 Å². The number of benzene rings is 1. The number of carbonyl (C=O) groups is 1. The minimum absolute atomic E-state index is 0.419. The van der Waals surface area contributed by atoms with Crippen LogP contribution in [-0.4, -0.2) is 63.6 Å². The first kappa shape index (κ1) is 18.1. The number of aliphatic hydroxyl groups excluding tert-OH is 4. The largest absolute Gasteiger partial charge is 0.394 e. The molecule has 1 saturated heterocycles. The number of hydrogen-bond acceptors (Lipinski definition) is 7. The minimum Gasteiger partial charge on any atom is -0.394 e. The second-order valence-corrected chi connectivity index (χ2v) is 5.28. The number of nitrogens with zero attached hydrogens (tertiary/aromatic N) is 3. The summed E-state index contributed by atoms with van der Waals surface area (Å²) in [7, 11) is 0. The Morgan fingerprint density at radius 3 is 2.54 bits per heavy atom. The van der Waals surface area contributed by atoms with Crippen LogP contribution >= 0.6 is 0 Å². The van der Waals surface area contributed by atoms with Gasteiger partial charge in [-0.25, -0.2) is 0 Å². The van der Waals surface area contributed by atoms with Crippen LogP contribution in [0.3, 0.4) is 0 Å². The molecule has 0 saturated carbocycles. The molecule has 0 aromatic heterocycles. The second kappa shape index (κ2) is 8.06. The van der Waals surface area contributed by atoms with Crippen molar-refractivity contribution >= 4 is 5.91 Å². The van der Waals surface area contributed by atoms with Gasteiger partial charge in [-0.2, -0.15) is 0 Å². The average molecular weight is 338 g/mol. The third kappa shape index (κ3) is 3.82. The lowest BCUT2D eigenvalue weighted by Gasteiger charge is -2.40. The van der Waals surface area contributed by atoms with Crippen LogP contribution in [-0.2, 0) is 9.53 Å². The summed E-state index contributed by atoms with van der Waals surface area (Å²) >= 11 is 0. The number of hydrogen-bond donors (Lipinski definition) is 5. The highest BCUT2D eigenvalue weighted by atomic mass is 16.6. The van der Waals surface area contributed by atoms with Crippen molar-refractivity contribution in [2.75, 3.05) is 6.61 Å². The highest BCUT2D eigenvalue weighted by Crippen LogP contribution is 2.22. The summed E-state index contributed by atoms with van der Waals surface area (Å²) in [6.45, 7) is -0.610. The van der Waals surface area contributed by atoms with Crippen LogP contribution in [0.2, 0.25) is 0 Å². The number of rotatable bonds is 5. The van der Waals surface area contributed by atoms with E-state index < -0.39 is 49.2 Å². The lowest BCUT2D eigenvalue weighted by molar-refractivity contribution is -0.253. The van der Waals surface area contributed by atoms with Gasteiger partial charge >= 0.3 is 0 Å². The highest BCUT2D eigenvalue weighted by molar-refractivity contribution is 5.83. The first-order valence-corrected chi connectivity index (χ1v) is 7.19. The Bertz CT molecular complexity index is 609. The third-order valence-corrected chi connectivity index (χ3v) is 3.74. The quantitative estimate of drug-likeness (QED) is 0.261. The molecule has 10 nitrogen and oxygen atoms in total. The van der Waals surface area contributed by atoms with E-state index in [0.29, 0.717) is 5.56 Å². The van der Waals surface area contributed by atoms with Crippen molar-refractivity contribution in [2.45, 2.75) is 36.7 Å². The van der Waals surface area contributed by atoms with Crippen LogP contribution in [0.4, 0.5) is 0 Å². The molecule has 1 amide bonds. The molecule has 2 rings (SSSR count). The van der Waals surface area contributed by atoms with Gasteiger partial charge in [-0.15, -0.1) is 0 Å². The smallest absolute Gasteiger partial charge is 0.233 e. The highest BCUT2D eigenvalue weighted by Gasteiger charge is 2.44. The van der Waals surface area contributed by atoms with E-state index in [9.17, 15) is 20.1 Å². The van der Waals surface area contributed by atoms with Gasteiger partial charge in [0.05, 0.1) is 6.61 Å². The predicted molar refractivity (Wildman–Crippen MR) is 80.2 cm³/mol. The molecule has 0 spiro atoms. The number of nitrogens with one attached hydrogen (secondary N) is 1.